The van der Waals surface area contributed by atoms with Crippen LogP contribution in [0, 0.1) is 6.92 Å². The Morgan fingerprint density at radius 2 is 1.86 bits per heavy atom. The average Bonchev–Trinajstić information content (AvgIpc) is 3.32. The summed E-state index contributed by atoms with van der Waals surface area (Å²) >= 11 is 6.43. The largest absolute Gasteiger partial charge is 0.376 e. The third kappa shape index (κ3) is 4.18. The molecular weight excluding hydrogens is 470 g/mol. The van der Waals surface area contributed by atoms with Gasteiger partial charge in [0.05, 0.1) is 17.6 Å². The molecule has 0 amide bonds. The lowest BCUT2D eigenvalue weighted by molar-refractivity contribution is 0.768. The fraction of sp³-hybridized carbons (Fsp3) is 0.207. The average molecular weight is 498 g/mol. The number of aryl methyl sites for hydroxylation is 2. The van der Waals surface area contributed by atoms with E-state index < -0.39 is 0 Å². The molecule has 1 unspecified atom stereocenters. The molecule has 36 heavy (non-hydrogen) atoms. The summed E-state index contributed by atoms with van der Waals surface area (Å²) in [6, 6.07) is 17.6. The van der Waals surface area contributed by atoms with Gasteiger partial charge in [-0.1, -0.05) is 54.9 Å². The standard InChI is InChI=1S/C29H28ClN5O/c1-5-23-27(18(2)15-31-28(23)30)33-19(3)25-14-20-10-9-13-24(21-16-32-34(4)17-21)26(20)29(36)35(25)22-11-7-6-8-12-22/h6-17,19H,5H2,1-4H3,(H,31,33). The van der Waals surface area contributed by atoms with E-state index in [1.165, 1.54) is 0 Å². The van der Waals surface area contributed by atoms with E-state index >= 15 is 0 Å². The molecule has 0 fully saturated rings. The highest BCUT2D eigenvalue weighted by molar-refractivity contribution is 6.30. The molecular formula is C29H28ClN5O. The summed E-state index contributed by atoms with van der Waals surface area (Å²) in [7, 11) is 1.88. The summed E-state index contributed by atoms with van der Waals surface area (Å²) in [6.45, 7) is 6.15. The maximum absolute atomic E-state index is 14.2. The third-order valence-corrected chi connectivity index (χ3v) is 6.91. The first kappa shape index (κ1) is 23.8. The van der Waals surface area contributed by atoms with Crippen molar-refractivity contribution in [2.45, 2.75) is 33.2 Å². The Bertz CT molecular complexity index is 1620. The summed E-state index contributed by atoms with van der Waals surface area (Å²) in [5.74, 6) is 0. The minimum absolute atomic E-state index is 0.0676. The first-order valence-corrected chi connectivity index (χ1v) is 12.4. The van der Waals surface area contributed by atoms with Crippen LogP contribution in [-0.2, 0) is 13.5 Å². The molecule has 7 heteroatoms. The third-order valence-electron chi connectivity index (χ3n) is 6.58. The lowest BCUT2D eigenvalue weighted by atomic mass is 9.99. The number of para-hydroxylation sites is 1. The minimum Gasteiger partial charge on any atom is -0.376 e. The fourth-order valence-electron chi connectivity index (χ4n) is 4.80. The van der Waals surface area contributed by atoms with E-state index in [1.807, 2.05) is 73.3 Å². The van der Waals surface area contributed by atoms with Gasteiger partial charge in [-0.25, -0.2) is 4.98 Å². The number of halogens is 1. The van der Waals surface area contributed by atoms with Crippen LogP contribution in [0.1, 0.15) is 36.7 Å². The fourth-order valence-corrected chi connectivity index (χ4v) is 5.07. The second-order valence-electron chi connectivity index (χ2n) is 9.02. The van der Waals surface area contributed by atoms with Gasteiger partial charge in [-0.15, -0.1) is 0 Å². The van der Waals surface area contributed by atoms with Gasteiger partial charge in [0, 0.05) is 47.6 Å². The minimum atomic E-state index is -0.188. The molecule has 0 aliphatic rings. The zero-order valence-corrected chi connectivity index (χ0v) is 21.5. The van der Waals surface area contributed by atoms with Crippen molar-refractivity contribution >= 4 is 28.1 Å². The smallest absolute Gasteiger partial charge is 0.263 e. The van der Waals surface area contributed by atoms with Crippen LogP contribution in [0.2, 0.25) is 5.15 Å². The Labute approximate surface area is 215 Å². The maximum Gasteiger partial charge on any atom is 0.263 e. The number of pyridine rings is 2. The Morgan fingerprint density at radius 1 is 1.08 bits per heavy atom. The van der Waals surface area contributed by atoms with E-state index in [0.717, 1.165) is 51.1 Å². The number of aromatic nitrogens is 4. The molecule has 0 aliphatic carbocycles. The number of nitrogens with one attached hydrogen (secondary N) is 1. The molecule has 5 rings (SSSR count). The molecule has 3 heterocycles. The SMILES string of the molecule is CCc1c(Cl)ncc(C)c1NC(C)c1cc2cccc(-c3cnn(C)c3)c2c(=O)n1-c1ccccc1. The van der Waals surface area contributed by atoms with E-state index in [2.05, 4.69) is 35.3 Å². The molecule has 1 atom stereocenters. The van der Waals surface area contributed by atoms with Crippen molar-refractivity contribution in [1.82, 2.24) is 19.3 Å². The topological polar surface area (TPSA) is 64.7 Å². The van der Waals surface area contributed by atoms with Crippen molar-refractivity contribution in [3.8, 4) is 16.8 Å². The number of benzene rings is 2. The lowest BCUT2D eigenvalue weighted by Crippen LogP contribution is -2.26. The van der Waals surface area contributed by atoms with Crippen LogP contribution in [0.3, 0.4) is 0 Å². The Balaban J connectivity index is 1.75. The summed E-state index contributed by atoms with van der Waals surface area (Å²) in [4.78, 5) is 18.5. The van der Waals surface area contributed by atoms with E-state index in [4.69, 9.17) is 11.6 Å². The molecule has 3 aromatic heterocycles. The van der Waals surface area contributed by atoms with Gasteiger partial charge in [0.15, 0.2) is 0 Å². The highest BCUT2D eigenvalue weighted by Crippen LogP contribution is 2.33. The first-order valence-electron chi connectivity index (χ1n) is 12.0. The molecule has 0 spiro atoms. The molecule has 6 nitrogen and oxygen atoms in total. The highest BCUT2D eigenvalue weighted by Gasteiger charge is 2.21. The normalized spacial score (nSPS) is 12.1. The van der Waals surface area contributed by atoms with Gasteiger partial charge in [0.1, 0.15) is 5.15 Å². The number of rotatable bonds is 6. The van der Waals surface area contributed by atoms with Crippen LogP contribution in [0.15, 0.2) is 78.0 Å². The van der Waals surface area contributed by atoms with E-state index in [0.29, 0.717) is 10.5 Å². The molecule has 0 bridgehead atoms. The van der Waals surface area contributed by atoms with Gasteiger partial charge < -0.3 is 5.32 Å². The van der Waals surface area contributed by atoms with Crippen molar-refractivity contribution in [3.63, 3.8) is 0 Å². The van der Waals surface area contributed by atoms with Crippen molar-refractivity contribution < 1.29 is 0 Å². The van der Waals surface area contributed by atoms with Crippen LogP contribution < -0.4 is 10.9 Å². The Morgan fingerprint density at radius 3 is 2.56 bits per heavy atom. The quantitative estimate of drug-likeness (QED) is 0.272. The predicted octanol–water partition coefficient (Wildman–Crippen LogP) is 6.48. The van der Waals surface area contributed by atoms with Crippen molar-refractivity contribution in [2.75, 3.05) is 5.32 Å². The van der Waals surface area contributed by atoms with E-state index in [9.17, 15) is 4.79 Å². The van der Waals surface area contributed by atoms with Crippen LogP contribution in [0.25, 0.3) is 27.6 Å². The first-order chi connectivity index (χ1) is 17.4. The van der Waals surface area contributed by atoms with E-state index in [1.54, 1.807) is 17.1 Å². The van der Waals surface area contributed by atoms with Crippen LogP contribution in [0.4, 0.5) is 5.69 Å². The molecule has 1 N–H and O–H groups in total. The van der Waals surface area contributed by atoms with Gasteiger partial charge in [-0.05, 0) is 55.0 Å². The van der Waals surface area contributed by atoms with Gasteiger partial charge >= 0.3 is 0 Å². The number of fused-ring (bicyclic) bond motifs is 1. The predicted molar refractivity (Wildman–Crippen MR) is 147 cm³/mol. The number of anilines is 1. The monoisotopic (exact) mass is 497 g/mol. The number of hydrogen-bond acceptors (Lipinski definition) is 4. The van der Waals surface area contributed by atoms with Gasteiger partial charge in [-0.3, -0.25) is 14.0 Å². The second kappa shape index (κ2) is 9.63. The number of nitrogens with zero attached hydrogens (tertiary/aromatic N) is 4. The van der Waals surface area contributed by atoms with Gasteiger partial charge in [0.25, 0.3) is 5.56 Å². The van der Waals surface area contributed by atoms with Crippen molar-refractivity contribution in [1.29, 1.82) is 0 Å². The summed E-state index contributed by atoms with van der Waals surface area (Å²) in [5.41, 5.74) is 6.32. The molecule has 0 saturated heterocycles. The maximum atomic E-state index is 14.2. The molecule has 0 saturated carbocycles. The second-order valence-corrected chi connectivity index (χ2v) is 9.38. The summed E-state index contributed by atoms with van der Waals surface area (Å²) in [6.07, 6.45) is 6.25. The lowest BCUT2D eigenvalue weighted by Gasteiger charge is -2.24. The number of hydrogen-bond donors (Lipinski definition) is 1. The summed E-state index contributed by atoms with van der Waals surface area (Å²) < 4.78 is 3.56. The van der Waals surface area contributed by atoms with Crippen LogP contribution in [-0.4, -0.2) is 19.3 Å². The van der Waals surface area contributed by atoms with Gasteiger partial charge in [-0.2, -0.15) is 5.10 Å². The summed E-state index contributed by atoms with van der Waals surface area (Å²) in [5, 5.41) is 10.0. The molecule has 182 valence electrons. The Hall–Kier alpha value is -3.90. The van der Waals surface area contributed by atoms with Crippen molar-refractivity contribution in [3.05, 3.63) is 106 Å². The zero-order chi connectivity index (χ0) is 25.4. The molecule has 2 aromatic carbocycles. The highest BCUT2D eigenvalue weighted by atomic mass is 35.5. The van der Waals surface area contributed by atoms with Crippen LogP contribution >= 0.6 is 11.6 Å². The molecule has 5 aromatic rings. The Kier molecular flexibility index (Phi) is 6.37. The zero-order valence-electron chi connectivity index (χ0n) is 20.8. The van der Waals surface area contributed by atoms with Crippen molar-refractivity contribution in [2.24, 2.45) is 7.05 Å². The van der Waals surface area contributed by atoms with Gasteiger partial charge in [0.2, 0.25) is 0 Å². The molecule has 0 radical (unpaired) electrons. The van der Waals surface area contributed by atoms with Crippen LogP contribution in [0.5, 0.6) is 0 Å². The molecule has 0 aliphatic heterocycles. The van der Waals surface area contributed by atoms with E-state index in [-0.39, 0.29) is 11.6 Å².